The Balaban J connectivity index is 1.53. The van der Waals surface area contributed by atoms with E-state index in [-0.39, 0.29) is 35.7 Å². The fourth-order valence-electron chi connectivity index (χ4n) is 3.32. The number of phenols is 1. The number of carbonyl (C=O) groups is 4. The van der Waals surface area contributed by atoms with Gasteiger partial charge in [-0.05, 0) is 61.2 Å². The first kappa shape index (κ1) is 26.1. The molecule has 2 aromatic rings. The number of imide groups is 1. The molecule has 0 atom stereocenters. The van der Waals surface area contributed by atoms with Gasteiger partial charge < -0.3 is 15.3 Å². The van der Waals surface area contributed by atoms with Gasteiger partial charge in [-0.3, -0.25) is 14.4 Å². The molecule has 1 fully saturated rings. The molecule has 1 heterocycles. The van der Waals surface area contributed by atoms with Crippen LogP contribution < -0.4 is 5.32 Å². The normalized spacial score (nSPS) is 13.1. The van der Waals surface area contributed by atoms with Gasteiger partial charge in [0.1, 0.15) is 11.4 Å². The Kier molecular flexibility index (Phi) is 9.28. The maximum atomic E-state index is 12.2. The number of carbonyl (C=O) groups excluding carboxylic acids is 4. The number of hydroxylamine groups is 2. The van der Waals surface area contributed by atoms with Gasteiger partial charge in [0.05, 0.1) is 11.3 Å². The van der Waals surface area contributed by atoms with Crippen LogP contribution >= 0.6 is 0 Å². The lowest BCUT2D eigenvalue weighted by Crippen LogP contribution is -2.32. The van der Waals surface area contributed by atoms with Crippen molar-refractivity contribution in [3.63, 3.8) is 0 Å². The summed E-state index contributed by atoms with van der Waals surface area (Å²) in [7, 11) is 0. The van der Waals surface area contributed by atoms with Crippen molar-refractivity contribution in [2.24, 2.45) is 10.2 Å². The summed E-state index contributed by atoms with van der Waals surface area (Å²) in [5, 5.41) is 21.6. The van der Waals surface area contributed by atoms with Gasteiger partial charge in [0.2, 0.25) is 5.91 Å². The van der Waals surface area contributed by atoms with Crippen LogP contribution in [0.5, 0.6) is 5.75 Å². The molecule has 0 saturated carbocycles. The number of phenolic OH excluding ortho intramolecular Hbond substituents is 1. The molecule has 0 radical (unpaired) electrons. The number of aromatic hydroxyl groups is 1. The second kappa shape index (κ2) is 12.8. The number of nitrogens with one attached hydrogen (secondary N) is 1. The van der Waals surface area contributed by atoms with E-state index < -0.39 is 17.8 Å². The molecule has 10 heteroatoms. The van der Waals surface area contributed by atoms with E-state index in [1.54, 1.807) is 12.1 Å². The average Bonchev–Trinajstić information content (AvgIpc) is 3.19. The van der Waals surface area contributed by atoms with Crippen LogP contribution in [0.15, 0.2) is 52.7 Å². The molecule has 1 aliphatic rings. The number of unbranched alkanes of at least 4 members (excludes halogenated alkanes) is 2. The molecule has 0 aromatic heterocycles. The summed E-state index contributed by atoms with van der Waals surface area (Å²) in [5.74, 6) is 0.510. The Bertz CT molecular complexity index is 1180. The summed E-state index contributed by atoms with van der Waals surface area (Å²) >= 11 is 0. The lowest BCUT2D eigenvalue weighted by Gasteiger charge is -2.12. The lowest BCUT2D eigenvalue weighted by atomic mass is 10.1. The Morgan fingerprint density at radius 2 is 1.78 bits per heavy atom. The van der Waals surface area contributed by atoms with Crippen molar-refractivity contribution in [3.05, 3.63) is 53.6 Å². The molecule has 0 aliphatic carbocycles. The van der Waals surface area contributed by atoms with Crippen LogP contribution in [-0.4, -0.2) is 40.4 Å². The number of hydrogen-bond acceptors (Lipinski definition) is 8. The molecule has 186 valence electrons. The maximum absolute atomic E-state index is 12.2. The van der Waals surface area contributed by atoms with E-state index in [9.17, 15) is 24.3 Å². The Hall–Kier alpha value is -4.52. The van der Waals surface area contributed by atoms with E-state index >= 15 is 0 Å². The molecule has 1 aliphatic heterocycles. The number of amides is 3. The highest BCUT2D eigenvalue weighted by Crippen LogP contribution is 2.29. The average molecular weight is 491 g/mol. The third-order valence-electron chi connectivity index (χ3n) is 5.31. The molecule has 1 saturated heterocycles. The number of rotatable bonds is 11. The molecule has 10 nitrogen and oxygen atoms in total. The van der Waals surface area contributed by atoms with E-state index in [0.717, 1.165) is 18.4 Å². The highest BCUT2D eigenvalue weighted by molar-refractivity contribution is 6.02. The van der Waals surface area contributed by atoms with E-state index in [1.165, 1.54) is 30.3 Å². The van der Waals surface area contributed by atoms with Gasteiger partial charge in [-0.15, -0.1) is 22.5 Å². The second-order valence-electron chi connectivity index (χ2n) is 8.04. The minimum Gasteiger partial charge on any atom is -0.506 e. The molecule has 3 rings (SSSR count). The number of azo groups is 1. The van der Waals surface area contributed by atoms with Gasteiger partial charge in [-0.2, -0.15) is 5.11 Å². The molecule has 0 unspecified atom stereocenters. The maximum Gasteiger partial charge on any atom is 0.363 e. The van der Waals surface area contributed by atoms with Crippen molar-refractivity contribution in [2.75, 3.05) is 6.54 Å². The number of hydrogen-bond donors (Lipinski definition) is 2. The van der Waals surface area contributed by atoms with Crippen molar-refractivity contribution < 1.29 is 29.1 Å². The molecular weight excluding hydrogens is 464 g/mol. The van der Waals surface area contributed by atoms with Gasteiger partial charge in [-0.1, -0.05) is 6.07 Å². The van der Waals surface area contributed by atoms with Crippen LogP contribution in [0.25, 0.3) is 0 Å². The van der Waals surface area contributed by atoms with Crippen molar-refractivity contribution in [2.45, 2.75) is 44.9 Å². The molecular formula is C26H26N4O6. The summed E-state index contributed by atoms with van der Waals surface area (Å²) in [6, 6.07) is 10.8. The van der Waals surface area contributed by atoms with Crippen molar-refractivity contribution in [3.8, 4) is 18.1 Å². The van der Waals surface area contributed by atoms with E-state index in [2.05, 4.69) is 21.5 Å². The summed E-state index contributed by atoms with van der Waals surface area (Å²) < 4.78 is 0. The van der Waals surface area contributed by atoms with Crippen LogP contribution in [0.2, 0.25) is 0 Å². The van der Waals surface area contributed by atoms with Crippen molar-refractivity contribution in [1.29, 1.82) is 0 Å². The fraction of sp³-hybridized carbons (Fsp3) is 0.308. The molecule has 3 amide bonds. The lowest BCUT2D eigenvalue weighted by molar-refractivity contribution is -0.172. The van der Waals surface area contributed by atoms with Crippen LogP contribution in [-0.2, 0) is 25.6 Å². The van der Waals surface area contributed by atoms with Crippen molar-refractivity contribution in [1.82, 2.24) is 10.4 Å². The Morgan fingerprint density at radius 3 is 2.47 bits per heavy atom. The Labute approximate surface area is 208 Å². The summed E-state index contributed by atoms with van der Waals surface area (Å²) in [4.78, 5) is 52.1. The van der Waals surface area contributed by atoms with Crippen molar-refractivity contribution >= 4 is 35.1 Å². The highest BCUT2D eigenvalue weighted by Gasteiger charge is 2.33. The van der Waals surface area contributed by atoms with Gasteiger partial charge in [0.25, 0.3) is 11.8 Å². The van der Waals surface area contributed by atoms with Gasteiger partial charge in [0.15, 0.2) is 0 Å². The first-order valence-electron chi connectivity index (χ1n) is 11.5. The van der Waals surface area contributed by atoms with Crippen LogP contribution in [0.4, 0.5) is 11.4 Å². The largest absolute Gasteiger partial charge is 0.506 e. The zero-order chi connectivity index (χ0) is 25.9. The quantitative estimate of drug-likeness (QED) is 0.212. The van der Waals surface area contributed by atoms with Crippen LogP contribution in [0.1, 0.15) is 54.4 Å². The molecule has 0 bridgehead atoms. The van der Waals surface area contributed by atoms with Crippen LogP contribution in [0.3, 0.4) is 0 Å². The predicted molar refractivity (Wildman–Crippen MR) is 129 cm³/mol. The minimum atomic E-state index is -0.841. The first-order valence-corrected chi connectivity index (χ1v) is 11.5. The topological polar surface area (TPSA) is 138 Å². The zero-order valence-electron chi connectivity index (χ0n) is 19.6. The minimum absolute atomic E-state index is 0.0157. The molecule has 2 aromatic carbocycles. The Morgan fingerprint density at radius 1 is 1.06 bits per heavy atom. The first-order chi connectivity index (χ1) is 17.4. The molecule has 0 spiro atoms. The third kappa shape index (κ3) is 7.50. The molecule has 36 heavy (non-hydrogen) atoms. The smallest absolute Gasteiger partial charge is 0.363 e. The summed E-state index contributed by atoms with van der Waals surface area (Å²) in [6.45, 7) is 0.446. The number of terminal acetylenes is 1. The molecule has 2 N–H and O–H groups in total. The summed E-state index contributed by atoms with van der Waals surface area (Å²) in [5.41, 5.74) is 1.65. The number of nitrogens with zero attached hydrogens (tertiary/aromatic N) is 3. The highest BCUT2D eigenvalue weighted by atomic mass is 16.7. The van der Waals surface area contributed by atoms with E-state index in [1.807, 2.05) is 0 Å². The zero-order valence-corrected chi connectivity index (χ0v) is 19.6. The summed E-state index contributed by atoms with van der Waals surface area (Å²) in [6.07, 6.45) is 8.45. The van der Waals surface area contributed by atoms with Gasteiger partial charge in [0, 0.05) is 32.2 Å². The van der Waals surface area contributed by atoms with E-state index in [4.69, 9.17) is 11.3 Å². The third-order valence-corrected chi connectivity index (χ3v) is 5.31. The van der Waals surface area contributed by atoms with Gasteiger partial charge >= 0.3 is 5.97 Å². The van der Waals surface area contributed by atoms with E-state index in [0.29, 0.717) is 36.6 Å². The van der Waals surface area contributed by atoms with Crippen LogP contribution in [0, 0.1) is 12.3 Å². The monoisotopic (exact) mass is 490 g/mol. The SMILES string of the molecule is C#CCCCCC(=O)NCCc1ccc(O)c(/N=N/c2ccc(C(=O)ON3C(=O)CCC3=O)cc2)c1. The standard InChI is InChI=1S/C26H26N4O6/c1-2-3-4-5-6-23(32)27-16-15-18-7-12-22(31)21(17-18)29-28-20-10-8-19(9-11-20)26(35)36-30-24(33)13-14-25(30)34/h1,7-12,17,31H,3-6,13-16H2,(H,27,32)/b29-28+. The number of benzene rings is 2. The predicted octanol–water partition coefficient (Wildman–Crippen LogP) is 3.88. The second-order valence-corrected chi connectivity index (χ2v) is 8.04. The van der Waals surface area contributed by atoms with Gasteiger partial charge in [-0.25, -0.2) is 4.79 Å². The fourth-order valence-corrected chi connectivity index (χ4v) is 3.32.